The molecule has 1 aromatic rings. The third-order valence-electron chi connectivity index (χ3n) is 4.50. The van der Waals surface area contributed by atoms with E-state index >= 15 is 0 Å². The second-order valence-corrected chi connectivity index (χ2v) is 5.78. The fraction of sp³-hybridized carbons (Fsp3) is 0.571. The molecule has 1 aliphatic heterocycles. The van der Waals surface area contributed by atoms with Crippen LogP contribution in [0.3, 0.4) is 0 Å². The lowest BCUT2D eigenvalue weighted by atomic mass is 9.79. The second-order valence-electron chi connectivity index (χ2n) is 5.78. The highest BCUT2D eigenvalue weighted by Gasteiger charge is 2.36. The molecule has 1 aliphatic carbocycles. The maximum atomic E-state index is 10.8. The smallest absolute Gasteiger partial charge is 0.271 e. The van der Waals surface area contributed by atoms with Gasteiger partial charge in [0.25, 0.3) is 5.69 Å². The van der Waals surface area contributed by atoms with Gasteiger partial charge in [-0.1, -0.05) is 6.07 Å². The average Bonchev–Trinajstić information content (AvgIpc) is 2.81. The summed E-state index contributed by atoms with van der Waals surface area (Å²) < 4.78 is 0. The van der Waals surface area contributed by atoms with Crippen LogP contribution in [0.25, 0.3) is 0 Å². The van der Waals surface area contributed by atoms with Crippen molar-refractivity contribution in [2.45, 2.75) is 25.3 Å². The molecule has 1 aromatic carbocycles. The van der Waals surface area contributed by atoms with Gasteiger partial charge in [0.1, 0.15) is 0 Å². The Hall–Kier alpha value is -1.62. The first kappa shape index (κ1) is 12.4. The number of anilines is 1. The van der Waals surface area contributed by atoms with Crippen LogP contribution in [0.4, 0.5) is 11.4 Å². The molecule has 3 atom stereocenters. The summed E-state index contributed by atoms with van der Waals surface area (Å²) in [5.74, 6) is 1.36. The first-order valence-electron chi connectivity index (χ1n) is 6.88. The Labute approximate surface area is 112 Å². The first-order valence-corrected chi connectivity index (χ1v) is 6.88. The van der Waals surface area contributed by atoms with Crippen molar-refractivity contribution in [1.82, 2.24) is 0 Å². The molecule has 0 aromatic heterocycles. The minimum Gasteiger partial charge on any atom is -0.371 e. The lowest BCUT2D eigenvalue weighted by Crippen LogP contribution is -2.32. The Morgan fingerprint density at radius 2 is 2.05 bits per heavy atom. The van der Waals surface area contributed by atoms with Gasteiger partial charge < -0.3 is 10.6 Å². The zero-order chi connectivity index (χ0) is 13.4. The van der Waals surface area contributed by atoms with Crippen LogP contribution in [-0.4, -0.2) is 24.1 Å². The molecular formula is C14H19N3O2. The predicted octanol–water partition coefficient (Wildman–Crippen LogP) is 2.16. The summed E-state index contributed by atoms with van der Waals surface area (Å²) in [4.78, 5) is 12.8. The largest absolute Gasteiger partial charge is 0.371 e. The van der Waals surface area contributed by atoms with Crippen LogP contribution in [0.2, 0.25) is 0 Å². The maximum Gasteiger partial charge on any atom is 0.271 e. The first-order chi connectivity index (χ1) is 9.13. The molecule has 1 unspecified atom stereocenters. The van der Waals surface area contributed by atoms with E-state index in [4.69, 9.17) is 5.73 Å². The summed E-state index contributed by atoms with van der Waals surface area (Å²) in [5.41, 5.74) is 7.17. The standard InChI is InChI=1S/C14H19N3O2/c15-12-5-4-10-8-16(9-11(10)6-12)13-2-1-3-14(7-13)17(18)19/h1-3,7,10-12H,4-6,8-9,15H2/t10-,11+,12?/m1/s1. The SMILES string of the molecule is NC1CC[C@@H]2CN(c3cccc([N+](=O)[O-])c3)C[C@@H]2C1. The fourth-order valence-electron chi connectivity index (χ4n) is 3.48. The summed E-state index contributed by atoms with van der Waals surface area (Å²) in [6, 6.07) is 7.29. The zero-order valence-electron chi connectivity index (χ0n) is 10.9. The van der Waals surface area contributed by atoms with Crippen LogP contribution in [0.1, 0.15) is 19.3 Å². The minimum absolute atomic E-state index is 0.170. The number of hydrogen-bond donors (Lipinski definition) is 1. The molecule has 102 valence electrons. The van der Waals surface area contributed by atoms with Gasteiger partial charge in [-0.2, -0.15) is 0 Å². The van der Waals surface area contributed by atoms with Crippen molar-refractivity contribution < 1.29 is 4.92 Å². The summed E-state index contributed by atoms with van der Waals surface area (Å²) in [6.45, 7) is 2.00. The molecule has 0 radical (unpaired) electrons. The van der Waals surface area contributed by atoms with Crippen molar-refractivity contribution in [3.63, 3.8) is 0 Å². The van der Waals surface area contributed by atoms with Gasteiger partial charge in [-0.25, -0.2) is 0 Å². The Morgan fingerprint density at radius 3 is 2.84 bits per heavy atom. The average molecular weight is 261 g/mol. The van der Waals surface area contributed by atoms with Gasteiger partial charge in [-0.3, -0.25) is 10.1 Å². The van der Waals surface area contributed by atoms with E-state index in [1.165, 1.54) is 6.42 Å². The van der Waals surface area contributed by atoms with Gasteiger partial charge in [0.05, 0.1) is 4.92 Å². The minimum atomic E-state index is -0.331. The van der Waals surface area contributed by atoms with Crippen LogP contribution in [-0.2, 0) is 0 Å². The molecule has 2 aliphatic rings. The third kappa shape index (κ3) is 2.42. The highest BCUT2D eigenvalue weighted by atomic mass is 16.6. The number of fused-ring (bicyclic) bond motifs is 1. The lowest BCUT2D eigenvalue weighted by molar-refractivity contribution is -0.384. The summed E-state index contributed by atoms with van der Waals surface area (Å²) in [6.07, 6.45) is 3.40. The van der Waals surface area contributed by atoms with Crippen molar-refractivity contribution in [2.75, 3.05) is 18.0 Å². The molecule has 1 heterocycles. The van der Waals surface area contributed by atoms with E-state index in [1.54, 1.807) is 18.2 Å². The molecular weight excluding hydrogens is 242 g/mol. The van der Waals surface area contributed by atoms with Crippen molar-refractivity contribution in [3.8, 4) is 0 Å². The molecule has 0 bridgehead atoms. The third-order valence-corrected chi connectivity index (χ3v) is 4.50. The normalized spacial score (nSPS) is 30.2. The monoisotopic (exact) mass is 261 g/mol. The van der Waals surface area contributed by atoms with Gasteiger partial charge >= 0.3 is 0 Å². The number of rotatable bonds is 2. The van der Waals surface area contributed by atoms with Crippen LogP contribution >= 0.6 is 0 Å². The van der Waals surface area contributed by atoms with Crippen molar-refractivity contribution >= 4 is 11.4 Å². The van der Waals surface area contributed by atoms with Crippen molar-refractivity contribution in [1.29, 1.82) is 0 Å². The van der Waals surface area contributed by atoms with E-state index in [0.29, 0.717) is 17.9 Å². The predicted molar refractivity (Wildman–Crippen MR) is 74.1 cm³/mol. The molecule has 5 heteroatoms. The summed E-state index contributed by atoms with van der Waals surface area (Å²) in [5, 5.41) is 10.8. The molecule has 0 amide bonds. The number of nitro benzene ring substituents is 1. The Bertz CT molecular complexity index is 491. The molecule has 0 spiro atoms. The van der Waals surface area contributed by atoms with Crippen LogP contribution < -0.4 is 10.6 Å². The lowest BCUT2D eigenvalue weighted by Gasteiger charge is -2.27. The molecule has 1 saturated carbocycles. The van der Waals surface area contributed by atoms with E-state index in [2.05, 4.69) is 4.90 Å². The molecule has 2 fully saturated rings. The number of hydrogen-bond acceptors (Lipinski definition) is 4. The van der Waals surface area contributed by atoms with Gasteiger partial charge in [0, 0.05) is 37.0 Å². The summed E-state index contributed by atoms with van der Waals surface area (Å²) in [7, 11) is 0. The topological polar surface area (TPSA) is 72.4 Å². The van der Waals surface area contributed by atoms with E-state index in [0.717, 1.165) is 31.6 Å². The van der Waals surface area contributed by atoms with E-state index in [1.807, 2.05) is 6.07 Å². The quantitative estimate of drug-likeness (QED) is 0.654. The van der Waals surface area contributed by atoms with E-state index in [-0.39, 0.29) is 10.6 Å². The Morgan fingerprint density at radius 1 is 1.26 bits per heavy atom. The maximum absolute atomic E-state index is 10.8. The number of non-ortho nitro benzene ring substituents is 1. The molecule has 2 N–H and O–H groups in total. The number of benzene rings is 1. The van der Waals surface area contributed by atoms with Crippen LogP contribution in [0, 0.1) is 22.0 Å². The van der Waals surface area contributed by atoms with Gasteiger partial charge in [-0.05, 0) is 37.2 Å². The molecule has 5 nitrogen and oxygen atoms in total. The van der Waals surface area contributed by atoms with Gasteiger partial charge in [0.2, 0.25) is 0 Å². The van der Waals surface area contributed by atoms with Crippen molar-refractivity contribution in [2.24, 2.45) is 17.6 Å². The summed E-state index contributed by atoms with van der Waals surface area (Å²) >= 11 is 0. The molecule has 19 heavy (non-hydrogen) atoms. The van der Waals surface area contributed by atoms with Crippen LogP contribution in [0.5, 0.6) is 0 Å². The molecule has 3 rings (SSSR count). The van der Waals surface area contributed by atoms with Crippen LogP contribution in [0.15, 0.2) is 24.3 Å². The molecule has 1 saturated heterocycles. The highest BCUT2D eigenvalue weighted by molar-refractivity contribution is 5.54. The number of nitrogens with two attached hydrogens (primary N) is 1. The zero-order valence-corrected chi connectivity index (χ0v) is 10.9. The van der Waals surface area contributed by atoms with Gasteiger partial charge in [-0.15, -0.1) is 0 Å². The van der Waals surface area contributed by atoms with E-state index in [9.17, 15) is 10.1 Å². The number of nitrogens with zero attached hydrogens (tertiary/aromatic N) is 2. The second kappa shape index (κ2) is 4.81. The Kier molecular flexibility index (Phi) is 3.14. The van der Waals surface area contributed by atoms with Crippen molar-refractivity contribution in [3.05, 3.63) is 34.4 Å². The number of nitro groups is 1. The van der Waals surface area contributed by atoms with Gasteiger partial charge in [0.15, 0.2) is 0 Å². The Balaban J connectivity index is 1.77. The van der Waals surface area contributed by atoms with E-state index < -0.39 is 0 Å². The fourth-order valence-corrected chi connectivity index (χ4v) is 3.48. The highest BCUT2D eigenvalue weighted by Crippen LogP contribution is 2.38.